The van der Waals surface area contributed by atoms with Crippen LogP contribution in [0.2, 0.25) is 0 Å². The zero-order valence-electron chi connectivity index (χ0n) is 15.9. The van der Waals surface area contributed by atoms with Gasteiger partial charge in [0.05, 0.1) is 12.2 Å². The Hall–Kier alpha value is -0.520. The topological polar surface area (TPSA) is 77.8 Å². The predicted octanol–water partition coefficient (Wildman–Crippen LogP) is 2.49. The van der Waals surface area contributed by atoms with Crippen LogP contribution in [0.5, 0.6) is 0 Å². The van der Waals surface area contributed by atoms with Crippen molar-refractivity contribution < 1.29 is 24.5 Å². The molecule has 148 valence electrons. The van der Waals surface area contributed by atoms with Gasteiger partial charge in [0.1, 0.15) is 12.8 Å². The maximum atomic E-state index is 15.2. The number of fused-ring (bicyclic) bond motifs is 5. The Morgan fingerprint density at radius 3 is 2.50 bits per heavy atom. The molecule has 4 saturated carbocycles. The van der Waals surface area contributed by atoms with Crippen LogP contribution in [0.1, 0.15) is 58.8 Å². The summed E-state index contributed by atoms with van der Waals surface area (Å²) in [6, 6.07) is 0. The van der Waals surface area contributed by atoms with E-state index < -0.39 is 25.0 Å². The van der Waals surface area contributed by atoms with Crippen LogP contribution >= 0.6 is 0 Å². The molecule has 0 aliphatic heterocycles. The largest absolute Gasteiger partial charge is 0.393 e. The first-order valence-corrected chi connectivity index (χ1v) is 10.4. The molecular weight excluding hydrogens is 335 g/mol. The number of rotatable bonds is 2. The van der Waals surface area contributed by atoms with Gasteiger partial charge in [0.25, 0.3) is 0 Å². The molecule has 10 atom stereocenters. The van der Waals surface area contributed by atoms with Crippen LogP contribution in [-0.4, -0.2) is 46.1 Å². The van der Waals surface area contributed by atoms with Crippen LogP contribution in [0.4, 0.5) is 4.39 Å². The number of hydrogen-bond donors (Lipinski definition) is 3. The Labute approximate surface area is 155 Å². The van der Waals surface area contributed by atoms with Gasteiger partial charge in [-0.3, -0.25) is 4.79 Å². The van der Waals surface area contributed by atoms with Crippen LogP contribution in [0.15, 0.2) is 0 Å². The second-order valence-electron chi connectivity index (χ2n) is 10.1. The number of carbonyl (C=O) groups is 1. The van der Waals surface area contributed by atoms with Gasteiger partial charge in [-0.15, -0.1) is 0 Å². The highest BCUT2D eigenvalue weighted by Crippen LogP contribution is 2.67. The highest BCUT2D eigenvalue weighted by molar-refractivity contribution is 5.83. The van der Waals surface area contributed by atoms with Crippen LogP contribution in [0, 0.1) is 40.4 Å². The van der Waals surface area contributed by atoms with Crippen LogP contribution in [-0.2, 0) is 4.79 Å². The summed E-state index contributed by atoms with van der Waals surface area (Å²) in [6.45, 7) is 3.76. The minimum absolute atomic E-state index is 0.0491. The molecule has 0 amide bonds. The SMILES string of the molecule is C[C@]12CC(O)[C@H]3[C@@H](CC(F)C4CC(O)CC[C@@]43C)[C@@H]1CC[C@@H]2C(=O)CO. The summed E-state index contributed by atoms with van der Waals surface area (Å²) in [5, 5.41) is 30.6. The number of halogens is 1. The zero-order chi connectivity index (χ0) is 18.9. The summed E-state index contributed by atoms with van der Waals surface area (Å²) >= 11 is 0. The number of ketones is 1. The molecule has 0 heterocycles. The Morgan fingerprint density at radius 1 is 1.08 bits per heavy atom. The second kappa shape index (κ2) is 6.25. The van der Waals surface area contributed by atoms with Crippen LogP contribution < -0.4 is 0 Å². The molecule has 4 aliphatic rings. The van der Waals surface area contributed by atoms with E-state index in [1.54, 1.807) is 0 Å². The normalized spacial score (nSPS) is 56.4. The van der Waals surface area contributed by atoms with Gasteiger partial charge in [0.15, 0.2) is 5.78 Å². The lowest BCUT2D eigenvalue weighted by Gasteiger charge is -2.62. The summed E-state index contributed by atoms with van der Waals surface area (Å²) in [5.41, 5.74) is -0.612. The predicted molar refractivity (Wildman–Crippen MR) is 95.0 cm³/mol. The molecular formula is C21H33FO4. The minimum atomic E-state index is -0.946. The summed E-state index contributed by atoms with van der Waals surface area (Å²) in [7, 11) is 0. The monoisotopic (exact) mass is 368 g/mol. The summed E-state index contributed by atoms with van der Waals surface area (Å²) in [6.07, 6.45) is 2.67. The summed E-state index contributed by atoms with van der Waals surface area (Å²) in [4.78, 5) is 12.3. The molecule has 0 aromatic heterocycles. The smallest absolute Gasteiger partial charge is 0.161 e. The van der Waals surface area contributed by atoms with Gasteiger partial charge in [0, 0.05) is 5.92 Å². The Kier molecular flexibility index (Phi) is 4.52. The van der Waals surface area contributed by atoms with Crippen molar-refractivity contribution in [1.29, 1.82) is 0 Å². The van der Waals surface area contributed by atoms with Gasteiger partial charge >= 0.3 is 0 Å². The highest BCUT2D eigenvalue weighted by Gasteiger charge is 2.65. The fourth-order valence-electron chi connectivity index (χ4n) is 7.99. The van der Waals surface area contributed by atoms with Crippen LogP contribution in [0.3, 0.4) is 0 Å². The second-order valence-corrected chi connectivity index (χ2v) is 10.1. The number of Topliss-reactive ketones (excluding diaryl/α,β-unsaturated/α-hetero) is 1. The molecule has 4 nitrogen and oxygen atoms in total. The average molecular weight is 368 g/mol. The number of aliphatic hydroxyl groups excluding tert-OH is 3. The van der Waals surface area contributed by atoms with Gasteiger partial charge in [0.2, 0.25) is 0 Å². The molecule has 3 N–H and O–H groups in total. The third-order valence-corrected chi connectivity index (χ3v) is 9.08. The lowest BCUT2D eigenvalue weighted by Crippen LogP contribution is -2.62. The van der Waals surface area contributed by atoms with Crippen LogP contribution in [0.25, 0.3) is 0 Å². The van der Waals surface area contributed by atoms with E-state index in [1.807, 2.05) is 0 Å². The van der Waals surface area contributed by atoms with Crippen molar-refractivity contribution in [1.82, 2.24) is 0 Å². The van der Waals surface area contributed by atoms with Crippen molar-refractivity contribution in [2.24, 2.45) is 40.4 Å². The van der Waals surface area contributed by atoms with Crippen molar-refractivity contribution in [3.8, 4) is 0 Å². The van der Waals surface area contributed by atoms with Gasteiger partial charge in [-0.05, 0) is 79.4 Å². The molecule has 0 aromatic rings. The average Bonchev–Trinajstić information content (AvgIpc) is 2.92. The third kappa shape index (κ3) is 2.46. The van der Waals surface area contributed by atoms with Gasteiger partial charge in [-0.2, -0.15) is 0 Å². The van der Waals surface area contributed by atoms with E-state index in [0.717, 1.165) is 19.3 Å². The first-order valence-electron chi connectivity index (χ1n) is 10.4. The Morgan fingerprint density at radius 2 is 1.81 bits per heavy atom. The first-order chi connectivity index (χ1) is 12.2. The van der Waals surface area contributed by atoms with Crippen molar-refractivity contribution in [2.75, 3.05) is 6.61 Å². The van der Waals surface area contributed by atoms with E-state index in [-0.39, 0.29) is 46.2 Å². The van der Waals surface area contributed by atoms with E-state index in [9.17, 15) is 20.1 Å². The number of hydrogen-bond acceptors (Lipinski definition) is 4. The standard InChI is InChI=1S/C21H33FO4/c1-20-6-5-11(24)7-15(20)16(22)8-12-13-3-4-14(18(26)10-23)21(13,2)9-17(25)19(12)20/h11-17,19,23-25H,3-10H2,1-2H3/t11?,12-,13-,14+,15?,16?,17?,19+,20-,21-/m0/s1. The van der Waals surface area contributed by atoms with E-state index in [4.69, 9.17) is 0 Å². The van der Waals surface area contributed by atoms with Crippen molar-refractivity contribution in [3.05, 3.63) is 0 Å². The lowest BCUT2D eigenvalue weighted by molar-refractivity contribution is -0.196. The Bertz CT molecular complexity index is 582. The van der Waals surface area contributed by atoms with E-state index in [1.165, 1.54) is 0 Å². The lowest BCUT2D eigenvalue weighted by atomic mass is 9.43. The maximum absolute atomic E-state index is 15.2. The summed E-state index contributed by atoms with van der Waals surface area (Å²) < 4.78 is 15.2. The molecule has 4 fully saturated rings. The molecule has 4 unspecified atom stereocenters. The minimum Gasteiger partial charge on any atom is -0.393 e. The molecule has 5 heteroatoms. The molecule has 4 aliphatic carbocycles. The quantitative estimate of drug-likeness (QED) is 0.700. The Balaban J connectivity index is 1.69. The van der Waals surface area contributed by atoms with E-state index in [0.29, 0.717) is 25.7 Å². The molecule has 26 heavy (non-hydrogen) atoms. The number of alkyl halides is 1. The van der Waals surface area contributed by atoms with E-state index >= 15 is 4.39 Å². The number of carbonyl (C=O) groups excluding carboxylic acids is 1. The fraction of sp³-hybridized carbons (Fsp3) is 0.952. The molecule has 0 aromatic carbocycles. The fourth-order valence-corrected chi connectivity index (χ4v) is 7.99. The van der Waals surface area contributed by atoms with Gasteiger partial charge < -0.3 is 15.3 Å². The van der Waals surface area contributed by atoms with Gasteiger partial charge in [-0.1, -0.05) is 13.8 Å². The van der Waals surface area contributed by atoms with E-state index in [2.05, 4.69) is 13.8 Å². The molecule has 0 bridgehead atoms. The molecule has 0 spiro atoms. The number of aliphatic hydroxyl groups is 3. The first kappa shape index (κ1) is 18.8. The highest BCUT2D eigenvalue weighted by atomic mass is 19.1. The third-order valence-electron chi connectivity index (χ3n) is 9.08. The molecule has 0 radical (unpaired) electrons. The summed E-state index contributed by atoms with van der Waals surface area (Å²) in [5.74, 6) is -0.148. The van der Waals surface area contributed by atoms with Crippen molar-refractivity contribution >= 4 is 5.78 Å². The van der Waals surface area contributed by atoms with Crippen molar-refractivity contribution in [3.63, 3.8) is 0 Å². The molecule has 4 rings (SSSR count). The maximum Gasteiger partial charge on any atom is 0.161 e. The zero-order valence-corrected chi connectivity index (χ0v) is 15.9. The molecule has 0 saturated heterocycles. The van der Waals surface area contributed by atoms with Gasteiger partial charge in [-0.25, -0.2) is 4.39 Å². The van der Waals surface area contributed by atoms with Crippen molar-refractivity contribution in [2.45, 2.75) is 77.2 Å².